The quantitative estimate of drug-likeness (QED) is 0.424. The van der Waals surface area contributed by atoms with Crippen molar-refractivity contribution < 1.29 is 15.0 Å². The molecule has 0 spiro atoms. The third-order valence-corrected chi connectivity index (χ3v) is 4.68. The van der Waals surface area contributed by atoms with E-state index in [4.69, 9.17) is 0 Å². The van der Waals surface area contributed by atoms with Gasteiger partial charge in [-0.05, 0) is 48.7 Å². The van der Waals surface area contributed by atoms with Gasteiger partial charge in [-0.1, -0.05) is 12.1 Å². The van der Waals surface area contributed by atoms with Crippen molar-refractivity contribution in [3.05, 3.63) is 77.7 Å². The number of nitrogens with one attached hydrogen (secondary N) is 3. The van der Waals surface area contributed by atoms with Gasteiger partial charge in [0.2, 0.25) is 0 Å². The van der Waals surface area contributed by atoms with Crippen LogP contribution in [0.1, 0.15) is 34.1 Å². The number of benzene rings is 2. The Morgan fingerprint density at radius 1 is 1.21 bits per heavy atom. The summed E-state index contributed by atoms with van der Waals surface area (Å²) >= 11 is 0. The van der Waals surface area contributed by atoms with E-state index in [-0.39, 0.29) is 5.91 Å². The average molecular weight is 391 g/mol. The fraction of sp³-hybridized carbons (Fsp3) is 0.190. The van der Waals surface area contributed by atoms with E-state index in [1.165, 1.54) is 12.4 Å². The van der Waals surface area contributed by atoms with E-state index in [2.05, 4.69) is 25.9 Å². The van der Waals surface area contributed by atoms with Gasteiger partial charge in [0, 0.05) is 34.9 Å². The van der Waals surface area contributed by atoms with Crippen LogP contribution in [0, 0.1) is 0 Å². The van der Waals surface area contributed by atoms with Gasteiger partial charge in [-0.15, -0.1) is 0 Å². The van der Waals surface area contributed by atoms with Gasteiger partial charge in [0.15, 0.2) is 6.23 Å². The number of amides is 1. The fourth-order valence-corrected chi connectivity index (χ4v) is 3.21. The molecule has 3 aromatic rings. The highest BCUT2D eigenvalue weighted by molar-refractivity contribution is 6.04. The molecule has 2 unspecified atom stereocenters. The van der Waals surface area contributed by atoms with Gasteiger partial charge in [0.05, 0.1) is 6.20 Å². The summed E-state index contributed by atoms with van der Waals surface area (Å²) < 4.78 is 0. The molecule has 0 saturated heterocycles. The molecule has 2 atom stereocenters. The second-order valence-electron chi connectivity index (χ2n) is 6.79. The molecule has 148 valence electrons. The number of aryl methyl sites for hydroxylation is 1. The first-order chi connectivity index (χ1) is 14.1. The van der Waals surface area contributed by atoms with Crippen molar-refractivity contribution in [2.24, 2.45) is 0 Å². The summed E-state index contributed by atoms with van der Waals surface area (Å²) in [6.07, 6.45) is 4.37. The SMILES string of the molecule is O=C(Nc1ccc2c(c1)CCC(O)N2)c1cccc(C(O)Nc2cnccn2)c1. The molecule has 0 bridgehead atoms. The molecule has 5 N–H and O–H groups in total. The molecule has 0 aliphatic carbocycles. The Hall–Kier alpha value is -3.49. The third kappa shape index (κ3) is 4.50. The maximum atomic E-state index is 12.7. The molecule has 1 aliphatic rings. The third-order valence-electron chi connectivity index (χ3n) is 4.68. The van der Waals surface area contributed by atoms with Crippen LogP contribution in [0.5, 0.6) is 0 Å². The van der Waals surface area contributed by atoms with Crippen LogP contribution in [0.4, 0.5) is 17.2 Å². The zero-order valence-electron chi connectivity index (χ0n) is 15.5. The van der Waals surface area contributed by atoms with E-state index in [0.717, 1.165) is 17.7 Å². The van der Waals surface area contributed by atoms with Crippen LogP contribution in [0.15, 0.2) is 61.1 Å². The Morgan fingerprint density at radius 3 is 2.93 bits per heavy atom. The zero-order valence-corrected chi connectivity index (χ0v) is 15.5. The summed E-state index contributed by atoms with van der Waals surface area (Å²) in [4.78, 5) is 20.7. The Balaban J connectivity index is 1.46. The lowest BCUT2D eigenvalue weighted by Crippen LogP contribution is -2.24. The molecule has 0 saturated carbocycles. The van der Waals surface area contributed by atoms with Gasteiger partial charge < -0.3 is 26.2 Å². The molecular formula is C21H21N5O3. The van der Waals surface area contributed by atoms with E-state index < -0.39 is 12.5 Å². The number of rotatable bonds is 5. The topological polar surface area (TPSA) is 119 Å². The molecule has 2 heterocycles. The largest absolute Gasteiger partial charge is 0.374 e. The monoisotopic (exact) mass is 391 g/mol. The summed E-state index contributed by atoms with van der Waals surface area (Å²) in [7, 11) is 0. The normalized spacial score (nSPS) is 16.3. The van der Waals surface area contributed by atoms with Crippen molar-refractivity contribution in [1.29, 1.82) is 0 Å². The van der Waals surface area contributed by atoms with Crippen LogP contribution in [-0.4, -0.2) is 32.3 Å². The molecule has 4 rings (SSSR count). The predicted molar refractivity (Wildman–Crippen MR) is 109 cm³/mol. The minimum absolute atomic E-state index is 0.276. The summed E-state index contributed by atoms with van der Waals surface area (Å²) in [5.74, 6) is 0.157. The van der Waals surface area contributed by atoms with Gasteiger partial charge in [-0.3, -0.25) is 9.78 Å². The molecule has 2 aromatic carbocycles. The number of carbonyl (C=O) groups is 1. The highest BCUT2D eigenvalue weighted by Crippen LogP contribution is 2.27. The van der Waals surface area contributed by atoms with Crippen molar-refractivity contribution in [3.63, 3.8) is 0 Å². The summed E-state index contributed by atoms with van der Waals surface area (Å²) in [6.45, 7) is 0. The van der Waals surface area contributed by atoms with Gasteiger partial charge >= 0.3 is 0 Å². The van der Waals surface area contributed by atoms with Crippen molar-refractivity contribution >= 4 is 23.1 Å². The molecule has 8 heteroatoms. The lowest BCUT2D eigenvalue weighted by atomic mass is 10.0. The highest BCUT2D eigenvalue weighted by atomic mass is 16.3. The number of nitrogens with zero attached hydrogens (tertiary/aromatic N) is 2. The maximum Gasteiger partial charge on any atom is 0.255 e. The molecule has 1 amide bonds. The standard InChI is InChI=1S/C21H21N5O3/c27-19-7-4-13-11-16(5-6-17(13)25-19)24-20(28)14-2-1-3-15(10-14)21(29)26-18-12-22-8-9-23-18/h1-3,5-6,8-12,19,21,25,27,29H,4,7H2,(H,23,26)(H,24,28). The molecule has 0 fully saturated rings. The second-order valence-corrected chi connectivity index (χ2v) is 6.79. The van der Waals surface area contributed by atoms with Gasteiger partial charge in [-0.25, -0.2) is 4.98 Å². The lowest BCUT2D eigenvalue weighted by molar-refractivity contribution is 0.102. The van der Waals surface area contributed by atoms with Crippen LogP contribution in [0.25, 0.3) is 0 Å². The van der Waals surface area contributed by atoms with E-state index in [9.17, 15) is 15.0 Å². The van der Waals surface area contributed by atoms with E-state index in [1.54, 1.807) is 36.5 Å². The molecule has 29 heavy (non-hydrogen) atoms. The van der Waals surface area contributed by atoms with Crippen LogP contribution >= 0.6 is 0 Å². The minimum atomic E-state index is -1.03. The number of carbonyl (C=O) groups excluding carboxylic acids is 1. The number of anilines is 3. The Bertz CT molecular complexity index is 1010. The van der Waals surface area contributed by atoms with Crippen molar-refractivity contribution in [2.75, 3.05) is 16.0 Å². The van der Waals surface area contributed by atoms with E-state index in [1.807, 2.05) is 12.1 Å². The van der Waals surface area contributed by atoms with E-state index in [0.29, 0.717) is 29.1 Å². The molecule has 0 radical (unpaired) electrons. The molecule has 8 nitrogen and oxygen atoms in total. The number of aromatic nitrogens is 2. The van der Waals surface area contributed by atoms with Crippen LogP contribution in [0.2, 0.25) is 0 Å². The van der Waals surface area contributed by atoms with Gasteiger partial charge in [-0.2, -0.15) is 0 Å². The number of fused-ring (bicyclic) bond motifs is 1. The molecule has 1 aliphatic heterocycles. The van der Waals surface area contributed by atoms with Crippen LogP contribution in [0.3, 0.4) is 0 Å². The number of aliphatic hydroxyl groups is 2. The summed E-state index contributed by atoms with van der Waals surface area (Å²) in [5, 5.41) is 28.8. The maximum absolute atomic E-state index is 12.7. The molecule has 1 aromatic heterocycles. The van der Waals surface area contributed by atoms with Crippen LogP contribution < -0.4 is 16.0 Å². The first-order valence-electron chi connectivity index (χ1n) is 9.28. The first kappa shape index (κ1) is 18.9. The molecular weight excluding hydrogens is 370 g/mol. The van der Waals surface area contributed by atoms with Crippen molar-refractivity contribution in [2.45, 2.75) is 25.3 Å². The summed E-state index contributed by atoms with van der Waals surface area (Å²) in [6, 6.07) is 12.3. The zero-order chi connectivity index (χ0) is 20.2. The first-order valence-corrected chi connectivity index (χ1v) is 9.28. The average Bonchev–Trinajstić information content (AvgIpc) is 2.74. The number of hydrogen-bond acceptors (Lipinski definition) is 7. The fourth-order valence-electron chi connectivity index (χ4n) is 3.21. The number of aliphatic hydroxyl groups excluding tert-OH is 2. The Morgan fingerprint density at radius 2 is 2.10 bits per heavy atom. The van der Waals surface area contributed by atoms with Gasteiger partial charge in [0.25, 0.3) is 5.91 Å². The van der Waals surface area contributed by atoms with Crippen LogP contribution in [-0.2, 0) is 6.42 Å². The highest BCUT2D eigenvalue weighted by Gasteiger charge is 2.17. The summed E-state index contributed by atoms with van der Waals surface area (Å²) in [5.41, 5.74) is 3.56. The van der Waals surface area contributed by atoms with Crippen molar-refractivity contribution in [1.82, 2.24) is 9.97 Å². The lowest BCUT2D eigenvalue weighted by Gasteiger charge is -2.23. The Kier molecular flexibility index (Phi) is 5.37. The van der Waals surface area contributed by atoms with E-state index >= 15 is 0 Å². The number of hydrogen-bond donors (Lipinski definition) is 5. The Labute approximate surface area is 167 Å². The minimum Gasteiger partial charge on any atom is -0.374 e. The van der Waals surface area contributed by atoms with Crippen molar-refractivity contribution in [3.8, 4) is 0 Å². The smallest absolute Gasteiger partial charge is 0.255 e. The van der Waals surface area contributed by atoms with Gasteiger partial charge in [0.1, 0.15) is 12.0 Å². The second kappa shape index (κ2) is 8.26. The predicted octanol–water partition coefficient (Wildman–Crippen LogP) is 2.51.